The van der Waals surface area contributed by atoms with E-state index >= 15 is 0 Å². The summed E-state index contributed by atoms with van der Waals surface area (Å²) in [5.41, 5.74) is 2.02. The molecule has 0 aromatic carbocycles. The normalized spacial score (nSPS) is 10.4. The highest BCUT2D eigenvalue weighted by Crippen LogP contribution is 2.08. The molecule has 0 aliphatic heterocycles. The predicted molar refractivity (Wildman–Crippen MR) is 61.5 cm³/mol. The third-order valence-electron chi connectivity index (χ3n) is 2.09. The lowest BCUT2D eigenvalue weighted by atomic mass is 10.2. The van der Waals surface area contributed by atoms with Crippen LogP contribution in [0.3, 0.4) is 0 Å². The first-order valence-corrected chi connectivity index (χ1v) is 5.45. The zero-order valence-electron chi connectivity index (χ0n) is 10.1. The Morgan fingerprint density at radius 1 is 1.38 bits per heavy atom. The molecule has 0 aliphatic carbocycles. The van der Waals surface area contributed by atoms with Crippen molar-refractivity contribution in [1.29, 1.82) is 0 Å². The van der Waals surface area contributed by atoms with Crippen molar-refractivity contribution in [2.75, 3.05) is 26.9 Å². The Hall–Kier alpha value is -1.20. The van der Waals surface area contributed by atoms with Crippen LogP contribution >= 0.6 is 0 Å². The largest absolute Gasteiger partial charge is 0.461 e. The third kappa shape index (κ3) is 4.12. The van der Waals surface area contributed by atoms with Gasteiger partial charge in [-0.05, 0) is 20.9 Å². The summed E-state index contributed by atoms with van der Waals surface area (Å²) < 4.78 is 10.5. The summed E-state index contributed by atoms with van der Waals surface area (Å²) in [5, 5.41) is 3.06. The van der Waals surface area contributed by atoms with Crippen LogP contribution in [0.15, 0.2) is 6.20 Å². The minimum absolute atomic E-state index is 0.414. The Morgan fingerprint density at radius 2 is 2.19 bits per heavy atom. The summed E-state index contributed by atoms with van der Waals surface area (Å²) in [5.74, 6) is 0. The van der Waals surface area contributed by atoms with E-state index in [-0.39, 0.29) is 0 Å². The van der Waals surface area contributed by atoms with Crippen LogP contribution in [0.1, 0.15) is 18.2 Å². The third-order valence-corrected chi connectivity index (χ3v) is 2.09. The van der Waals surface area contributed by atoms with E-state index in [1.54, 1.807) is 6.20 Å². The number of aryl methyl sites for hydroxylation is 1. The summed E-state index contributed by atoms with van der Waals surface area (Å²) in [6.07, 6.45) is 1.79. The second kappa shape index (κ2) is 7.14. The molecule has 0 spiro atoms. The summed E-state index contributed by atoms with van der Waals surface area (Å²) in [6.45, 7) is 6.42. The monoisotopic (exact) mass is 225 g/mol. The minimum Gasteiger partial charge on any atom is -0.461 e. The number of rotatable bonds is 7. The van der Waals surface area contributed by atoms with Crippen molar-refractivity contribution in [3.05, 3.63) is 17.5 Å². The van der Waals surface area contributed by atoms with Gasteiger partial charge >= 0.3 is 6.01 Å². The molecule has 90 valence electrons. The van der Waals surface area contributed by atoms with E-state index in [4.69, 9.17) is 9.47 Å². The first-order valence-electron chi connectivity index (χ1n) is 5.45. The maximum atomic E-state index is 5.35. The molecular formula is C11H19N3O2. The fraction of sp³-hybridized carbons (Fsp3) is 0.636. The summed E-state index contributed by atoms with van der Waals surface area (Å²) >= 11 is 0. The number of ether oxygens (including phenoxy) is 2. The molecule has 1 rings (SSSR count). The van der Waals surface area contributed by atoms with Crippen molar-refractivity contribution in [2.45, 2.75) is 20.4 Å². The van der Waals surface area contributed by atoms with Crippen LogP contribution < -0.4 is 10.1 Å². The molecule has 0 unspecified atom stereocenters. The number of hydrogen-bond donors (Lipinski definition) is 1. The number of nitrogens with one attached hydrogen (secondary N) is 1. The molecule has 1 heterocycles. The number of hydrogen-bond acceptors (Lipinski definition) is 5. The van der Waals surface area contributed by atoms with E-state index in [2.05, 4.69) is 15.3 Å². The van der Waals surface area contributed by atoms with Crippen LogP contribution in [0.25, 0.3) is 0 Å². The quantitative estimate of drug-likeness (QED) is 0.699. The highest BCUT2D eigenvalue weighted by molar-refractivity contribution is 5.17. The zero-order chi connectivity index (χ0) is 11.8. The lowest BCUT2D eigenvalue weighted by Gasteiger charge is -2.07. The lowest BCUT2D eigenvalue weighted by molar-refractivity contribution is 0.106. The average Bonchev–Trinajstić information content (AvgIpc) is 2.28. The maximum absolute atomic E-state index is 5.35. The van der Waals surface area contributed by atoms with Crippen LogP contribution in [-0.4, -0.2) is 36.8 Å². The van der Waals surface area contributed by atoms with E-state index in [1.165, 1.54) is 0 Å². The first-order chi connectivity index (χ1) is 7.77. The van der Waals surface area contributed by atoms with E-state index < -0.39 is 0 Å². The van der Waals surface area contributed by atoms with Crippen LogP contribution in [0.2, 0.25) is 0 Å². The fourth-order valence-electron chi connectivity index (χ4n) is 1.24. The molecule has 16 heavy (non-hydrogen) atoms. The van der Waals surface area contributed by atoms with Crippen LogP contribution in [0.5, 0.6) is 6.01 Å². The van der Waals surface area contributed by atoms with Crippen molar-refractivity contribution in [2.24, 2.45) is 0 Å². The van der Waals surface area contributed by atoms with Crippen LogP contribution in [0.4, 0.5) is 0 Å². The molecular weight excluding hydrogens is 206 g/mol. The van der Waals surface area contributed by atoms with Gasteiger partial charge in [-0.1, -0.05) is 0 Å². The van der Waals surface area contributed by atoms with E-state index in [9.17, 15) is 0 Å². The Kier molecular flexibility index (Phi) is 5.74. The Bertz CT molecular complexity index is 318. The van der Waals surface area contributed by atoms with E-state index in [1.807, 2.05) is 20.9 Å². The molecule has 1 aromatic rings. The van der Waals surface area contributed by atoms with Gasteiger partial charge in [0.25, 0.3) is 0 Å². The fourth-order valence-corrected chi connectivity index (χ4v) is 1.24. The van der Waals surface area contributed by atoms with Gasteiger partial charge in [-0.3, -0.25) is 0 Å². The SMILES string of the molecule is CCOCCOc1ncc(CNC)c(C)n1. The molecule has 5 nitrogen and oxygen atoms in total. The van der Waals surface area contributed by atoms with Crippen molar-refractivity contribution >= 4 is 0 Å². The van der Waals surface area contributed by atoms with E-state index in [0.29, 0.717) is 25.8 Å². The van der Waals surface area contributed by atoms with Gasteiger partial charge < -0.3 is 14.8 Å². The zero-order valence-corrected chi connectivity index (χ0v) is 10.1. The number of nitrogens with zero attached hydrogens (tertiary/aromatic N) is 2. The van der Waals surface area contributed by atoms with Crippen LogP contribution in [0, 0.1) is 6.92 Å². The Morgan fingerprint density at radius 3 is 2.81 bits per heavy atom. The van der Waals surface area contributed by atoms with Gasteiger partial charge in [0.1, 0.15) is 6.61 Å². The topological polar surface area (TPSA) is 56.3 Å². The molecule has 5 heteroatoms. The van der Waals surface area contributed by atoms with E-state index in [0.717, 1.165) is 17.8 Å². The average molecular weight is 225 g/mol. The Balaban J connectivity index is 2.46. The molecule has 1 aromatic heterocycles. The maximum Gasteiger partial charge on any atom is 0.316 e. The van der Waals surface area contributed by atoms with Gasteiger partial charge in [0, 0.05) is 30.6 Å². The van der Waals surface area contributed by atoms with Gasteiger partial charge in [-0.15, -0.1) is 0 Å². The molecule has 0 aliphatic rings. The smallest absolute Gasteiger partial charge is 0.316 e. The molecule has 0 radical (unpaired) electrons. The van der Waals surface area contributed by atoms with Crippen LogP contribution in [-0.2, 0) is 11.3 Å². The van der Waals surface area contributed by atoms with Crippen molar-refractivity contribution in [1.82, 2.24) is 15.3 Å². The van der Waals surface area contributed by atoms with Gasteiger partial charge in [-0.2, -0.15) is 0 Å². The molecule has 0 saturated carbocycles. The molecule has 0 atom stereocenters. The second-order valence-corrected chi connectivity index (χ2v) is 3.34. The van der Waals surface area contributed by atoms with Crippen molar-refractivity contribution in [3.63, 3.8) is 0 Å². The molecule has 0 fully saturated rings. The van der Waals surface area contributed by atoms with Gasteiger partial charge in [0.05, 0.1) is 6.61 Å². The standard InChI is InChI=1S/C11H19N3O2/c1-4-15-5-6-16-11-13-8-10(7-12-3)9(2)14-11/h8,12H,4-7H2,1-3H3. The minimum atomic E-state index is 0.414. The predicted octanol–water partition coefficient (Wildman–Crippen LogP) is 0.920. The molecule has 0 saturated heterocycles. The van der Waals surface area contributed by atoms with Gasteiger partial charge in [-0.25, -0.2) is 9.97 Å². The highest BCUT2D eigenvalue weighted by atomic mass is 16.5. The molecule has 0 amide bonds. The summed E-state index contributed by atoms with van der Waals surface area (Å²) in [6, 6.07) is 0.414. The van der Waals surface area contributed by atoms with Crippen molar-refractivity contribution in [3.8, 4) is 6.01 Å². The molecule has 1 N–H and O–H groups in total. The van der Waals surface area contributed by atoms with Gasteiger partial charge in [0.2, 0.25) is 0 Å². The first kappa shape index (κ1) is 12.9. The van der Waals surface area contributed by atoms with Gasteiger partial charge in [0.15, 0.2) is 0 Å². The lowest BCUT2D eigenvalue weighted by Crippen LogP contribution is -2.11. The van der Waals surface area contributed by atoms with Crippen molar-refractivity contribution < 1.29 is 9.47 Å². The molecule has 0 bridgehead atoms. The highest BCUT2D eigenvalue weighted by Gasteiger charge is 2.03. The Labute approximate surface area is 96.2 Å². The second-order valence-electron chi connectivity index (χ2n) is 3.34. The summed E-state index contributed by atoms with van der Waals surface area (Å²) in [4.78, 5) is 8.39. The number of aromatic nitrogens is 2. The summed E-state index contributed by atoms with van der Waals surface area (Å²) in [7, 11) is 1.89.